The second kappa shape index (κ2) is 46.5. The zero-order chi connectivity index (χ0) is 40.8. The fraction of sp³-hybridized carbons (Fsp3) is 0.902. The lowest BCUT2D eigenvalue weighted by Gasteiger charge is -2.26. The van der Waals surface area contributed by atoms with E-state index in [1.54, 1.807) is 0 Å². The molecule has 0 aromatic rings. The molecule has 0 radical (unpaired) electrons. The average molecular weight is 790 g/mol. The number of unbranched alkanes of at least 4 members (excludes halogenated alkanes) is 34. The Hall–Kier alpha value is -1.17. The van der Waals surface area contributed by atoms with Crippen molar-refractivity contribution in [3.63, 3.8) is 0 Å². The third-order valence-electron chi connectivity index (χ3n) is 11.8. The van der Waals surface area contributed by atoms with Crippen LogP contribution in [0.4, 0.5) is 0 Å². The molecule has 5 heteroatoms. The van der Waals surface area contributed by atoms with Gasteiger partial charge in [0.25, 0.3) is 0 Å². The molecule has 3 atom stereocenters. The first-order valence-corrected chi connectivity index (χ1v) is 25.1. The summed E-state index contributed by atoms with van der Waals surface area (Å²) in [4.78, 5) is 12.5. The van der Waals surface area contributed by atoms with Crippen LogP contribution in [0.1, 0.15) is 271 Å². The maximum absolute atomic E-state index is 12.5. The Kier molecular flexibility index (Phi) is 45.5. The van der Waals surface area contributed by atoms with E-state index in [1.807, 2.05) is 0 Å². The smallest absolute Gasteiger partial charge is 0.220 e. The van der Waals surface area contributed by atoms with Gasteiger partial charge >= 0.3 is 0 Å². The number of amides is 1. The standard InChI is InChI=1S/C51H99NO4/c1-3-5-7-9-11-13-15-17-19-21-23-24-25-26-28-29-31-33-35-37-39-41-43-45-49(54)51(56)48(47-53)52-50(55)46-44-42-40-38-36-34-32-30-27-22-20-18-16-14-12-10-8-6-4-2/h22,27,37,39,48-49,51,53-54,56H,3-21,23-26,28-36,38,40-47H2,1-2H3,(H,52,55)/b27-22-,39-37+. The Balaban J connectivity index is 3.61. The van der Waals surface area contributed by atoms with E-state index in [0.29, 0.717) is 12.8 Å². The predicted molar refractivity (Wildman–Crippen MR) is 245 cm³/mol. The van der Waals surface area contributed by atoms with Gasteiger partial charge in [-0.2, -0.15) is 0 Å². The summed E-state index contributed by atoms with van der Waals surface area (Å²) in [6.07, 6.45) is 57.4. The van der Waals surface area contributed by atoms with E-state index in [1.165, 1.54) is 205 Å². The van der Waals surface area contributed by atoms with Gasteiger partial charge < -0.3 is 20.6 Å². The first kappa shape index (κ1) is 54.8. The van der Waals surface area contributed by atoms with Gasteiger partial charge in [-0.3, -0.25) is 4.79 Å². The summed E-state index contributed by atoms with van der Waals surface area (Å²) in [6, 6.07) is -0.827. The lowest BCUT2D eigenvalue weighted by atomic mass is 10.0. The Morgan fingerprint density at radius 2 is 0.714 bits per heavy atom. The van der Waals surface area contributed by atoms with Crippen LogP contribution in [-0.4, -0.2) is 46.1 Å². The van der Waals surface area contributed by atoms with E-state index in [4.69, 9.17) is 0 Å². The molecular weight excluding hydrogens is 691 g/mol. The maximum atomic E-state index is 12.5. The largest absolute Gasteiger partial charge is 0.394 e. The van der Waals surface area contributed by atoms with Gasteiger partial charge in [-0.05, 0) is 64.2 Å². The molecular formula is C51H99NO4. The van der Waals surface area contributed by atoms with E-state index < -0.39 is 18.2 Å². The minimum Gasteiger partial charge on any atom is -0.394 e. The summed E-state index contributed by atoms with van der Waals surface area (Å²) in [7, 11) is 0. The van der Waals surface area contributed by atoms with Gasteiger partial charge in [0.15, 0.2) is 0 Å². The quantitative estimate of drug-likeness (QED) is 0.0365. The summed E-state index contributed by atoms with van der Waals surface area (Å²) in [5.41, 5.74) is 0. The number of carbonyl (C=O) groups is 1. The highest BCUT2D eigenvalue weighted by Crippen LogP contribution is 2.16. The number of hydrogen-bond acceptors (Lipinski definition) is 4. The Labute approximate surface area is 350 Å². The SMILES string of the molecule is CCCCCCCCCC/C=C\CCCCCCCCCC(=O)NC(CO)C(O)C(O)CCC/C=C/CCCCCCCCCCCCCCCCCCCC. The molecule has 56 heavy (non-hydrogen) atoms. The number of allylic oxidation sites excluding steroid dienone is 4. The van der Waals surface area contributed by atoms with Gasteiger partial charge in [0.05, 0.1) is 18.8 Å². The zero-order valence-electron chi connectivity index (χ0n) is 37.8. The van der Waals surface area contributed by atoms with Crippen molar-refractivity contribution in [3.8, 4) is 0 Å². The Morgan fingerprint density at radius 3 is 1.04 bits per heavy atom. The fourth-order valence-electron chi connectivity index (χ4n) is 7.86. The molecule has 0 aliphatic rings. The van der Waals surface area contributed by atoms with E-state index in [9.17, 15) is 20.1 Å². The van der Waals surface area contributed by atoms with Crippen LogP contribution in [0.3, 0.4) is 0 Å². The van der Waals surface area contributed by atoms with Crippen LogP contribution in [0.25, 0.3) is 0 Å². The third-order valence-corrected chi connectivity index (χ3v) is 11.8. The van der Waals surface area contributed by atoms with Crippen LogP contribution < -0.4 is 5.32 Å². The molecule has 0 rings (SSSR count). The molecule has 0 heterocycles. The first-order chi connectivity index (χ1) is 27.6. The third kappa shape index (κ3) is 41.0. The highest BCUT2D eigenvalue weighted by molar-refractivity contribution is 5.76. The minimum atomic E-state index is -1.16. The molecule has 0 fully saturated rings. The van der Waals surface area contributed by atoms with E-state index in [0.717, 1.165) is 38.5 Å². The van der Waals surface area contributed by atoms with Crippen molar-refractivity contribution in [2.24, 2.45) is 0 Å². The van der Waals surface area contributed by atoms with Gasteiger partial charge in [0.2, 0.25) is 5.91 Å². The highest BCUT2D eigenvalue weighted by atomic mass is 16.3. The average Bonchev–Trinajstić information content (AvgIpc) is 3.20. The van der Waals surface area contributed by atoms with Crippen molar-refractivity contribution in [1.82, 2.24) is 5.32 Å². The van der Waals surface area contributed by atoms with Crippen LogP contribution in [0.15, 0.2) is 24.3 Å². The molecule has 0 saturated carbocycles. The van der Waals surface area contributed by atoms with Crippen LogP contribution in [0.2, 0.25) is 0 Å². The van der Waals surface area contributed by atoms with Gasteiger partial charge in [-0.15, -0.1) is 0 Å². The number of aliphatic hydroxyl groups excluding tert-OH is 3. The summed E-state index contributed by atoms with van der Waals surface area (Å²) in [5.74, 6) is -0.156. The predicted octanol–water partition coefficient (Wildman–Crippen LogP) is 14.9. The van der Waals surface area contributed by atoms with Gasteiger partial charge in [0, 0.05) is 6.42 Å². The molecule has 4 N–H and O–H groups in total. The normalized spacial score (nSPS) is 13.6. The Morgan fingerprint density at radius 1 is 0.429 bits per heavy atom. The van der Waals surface area contributed by atoms with Crippen molar-refractivity contribution >= 4 is 5.91 Å². The van der Waals surface area contributed by atoms with Crippen LogP contribution in [-0.2, 0) is 4.79 Å². The molecule has 332 valence electrons. The van der Waals surface area contributed by atoms with Gasteiger partial charge in [-0.1, -0.05) is 224 Å². The molecule has 0 aromatic carbocycles. The van der Waals surface area contributed by atoms with Gasteiger partial charge in [-0.25, -0.2) is 0 Å². The number of hydrogen-bond donors (Lipinski definition) is 4. The van der Waals surface area contributed by atoms with Crippen molar-refractivity contribution in [2.45, 2.75) is 289 Å². The molecule has 0 spiro atoms. The van der Waals surface area contributed by atoms with Crippen molar-refractivity contribution in [1.29, 1.82) is 0 Å². The topological polar surface area (TPSA) is 89.8 Å². The molecule has 0 saturated heterocycles. The van der Waals surface area contributed by atoms with Crippen LogP contribution in [0, 0.1) is 0 Å². The Bertz CT molecular complexity index is 829. The summed E-state index contributed by atoms with van der Waals surface area (Å²) >= 11 is 0. The number of nitrogens with one attached hydrogen (secondary N) is 1. The molecule has 0 aromatic heterocycles. The lowest BCUT2D eigenvalue weighted by molar-refractivity contribution is -0.124. The number of aliphatic hydroxyl groups is 3. The van der Waals surface area contributed by atoms with Crippen molar-refractivity contribution in [3.05, 3.63) is 24.3 Å². The molecule has 0 bridgehead atoms. The molecule has 5 nitrogen and oxygen atoms in total. The monoisotopic (exact) mass is 790 g/mol. The molecule has 0 aliphatic carbocycles. The number of carbonyl (C=O) groups excluding carboxylic acids is 1. The van der Waals surface area contributed by atoms with Crippen LogP contribution in [0.5, 0.6) is 0 Å². The molecule has 0 aliphatic heterocycles. The second-order valence-corrected chi connectivity index (χ2v) is 17.4. The van der Waals surface area contributed by atoms with E-state index in [2.05, 4.69) is 43.5 Å². The molecule has 1 amide bonds. The van der Waals surface area contributed by atoms with Gasteiger partial charge in [0.1, 0.15) is 6.10 Å². The fourth-order valence-corrected chi connectivity index (χ4v) is 7.86. The second-order valence-electron chi connectivity index (χ2n) is 17.4. The minimum absolute atomic E-state index is 0.156. The van der Waals surface area contributed by atoms with Crippen LogP contribution >= 0.6 is 0 Å². The first-order valence-electron chi connectivity index (χ1n) is 25.1. The molecule has 3 unspecified atom stereocenters. The summed E-state index contributed by atoms with van der Waals surface area (Å²) in [6.45, 7) is 4.19. The summed E-state index contributed by atoms with van der Waals surface area (Å²) in [5, 5.41) is 33.6. The zero-order valence-corrected chi connectivity index (χ0v) is 37.8. The van der Waals surface area contributed by atoms with Crippen molar-refractivity contribution < 1.29 is 20.1 Å². The van der Waals surface area contributed by atoms with E-state index in [-0.39, 0.29) is 12.5 Å². The maximum Gasteiger partial charge on any atom is 0.220 e. The lowest BCUT2D eigenvalue weighted by Crippen LogP contribution is -2.50. The highest BCUT2D eigenvalue weighted by Gasteiger charge is 2.26. The number of rotatable bonds is 46. The van der Waals surface area contributed by atoms with E-state index >= 15 is 0 Å². The summed E-state index contributed by atoms with van der Waals surface area (Å²) < 4.78 is 0. The van der Waals surface area contributed by atoms with Crippen molar-refractivity contribution in [2.75, 3.05) is 6.61 Å².